The monoisotopic (exact) mass is 475 g/mol. The van der Waals surface area contributed by atoms with E-state index >= 15 is 0 Å². The van der Waals surface area contributed by atoms with Crippen LogP contribution in [0.15, 0.2) is 61.6 Å². The number of hydrazine groups is 1. The van der Waals surface area contributed by atoms with Gasteiger partial charge in [-0.1, -0.05) is 18.7 Å². The third-order valence-corrected chi connectivity index (χ3v) is 6.39. The average molecular weight is 476 g/mol. The van der Waals surface area contributed by atoms with Crippen molar-refractivity contribution in [3.63, 3.8) is 0 Å². The van der Waals surface area contributed by atoms with Crippen molar-refractivity contribution in [3.8, 4) is 0 Å². The molecule has 0 spiro atoms. The number of fused-ring (bicyclic) bond motifs is 1. The fourth-order valence-corrected chi connectivity index (χ4v) is 4.21. The first-order chi connectivity index (χ1) is 17.0. The van der Waals surface area contributed by atoms with Gasteiger partial charge < -0.3 is 15.2 Å². The summed E-state index contributed by atoms with van der Waals surface area (Å²) in [6.07, 6.45) is 5.75. The van der Waals surface area contributed by atoms with E-state index in [0.717, 1.165) is 71.0 Å². The van der Waals surface area contributed by atoms with Gasteiger partial charge in [-0.15, -0.1) is 0 Å². The molecule has 7 nitrogen and oxygen atoms in total. The Kier molecular flexibility index (Phi) is 7.94. The molecule has 2 aromatic heterocycles. The molecule has 0 unspecified atom stereocenters. The third-order valence-electron chi connectivity index (χ3n) is 6.39. The molecule has 1 fully saturated rings. The van der Waals surface area contributed by atoms with Crippen molar-refractivity contribution in [2.45, 2.75) is 6.92 Å². The summed E-state index contributed by atoms with van der Waals surface area (Å²) in [6.45, 7) is 9.91. The molecule has 35 heavy (non-hydrogen) atoms. The first-order valence-corrected chi connectivity index (χ1v) is 11.9. The van der Waals surface area contributed by atoms with Crippen LogP contribution in [0.4, 0.5) is 16.0 Å². The fraction of sp³-hybridized carbons (Fsp3) is 0.333. The van der Waals surface area contributed by atoms with Crippen LogP contribution in [0.5, 0.6) is 0 Å². The zero-order chi connectivity index (χ0) is 24.8. The summed E-state index contributed by atoms with van der Waals surface area (Å²) in [5.74, 6) is 1.65. The molecular weight excluding hydrogens is 441 g/mol. The Morgan fingerprint density at radius 1 is 1.09 bits per heavy atom. The van der Waals surface area contributed by atoms with E-state index in [1.54, 1.807) is 0 Å². The van der Waals surface area contributed by atoms with Gasteiger partial charge in [0, 0.05) is 82.1 Å². The van der Waals surface area contributed by atoms with Crippen molar-refractivity contribution in [2.24, 2.45) is 0 Å². The van der Waals surface area contributed by atoms with E-state index in [2.05, 4.69) is 68.4 Å². The number of nitrogens with one attached hydrogen (secondary N) is 2. The van der Waals surface area contributed by atoms with Crippen molar-refractivity contribution in [1.29, 1.82) is 0 Å². The minimum atomic E-state index is -0.298. The van der Waals surface area contributed by atoms with Gasteiger partial charge in [0.15, 0.2) is 0 Å². The number of alkyl halides is 1. The fourth-order valence-electron chi connectivity index (χ4n) is 4.21. The molecule has 0 atom stereocenters. The van der Waals surface area contributed by atoms with Gasteiger partial charge in [-0.05, 0) is 47.7 Å². The number of anilines is 2. The number of hydrogen-bond donors (Lipinski definition) is 2. The smallest absolute Gasteiger partial charge is 0.130 e. The second-order valence-corrected chi connectivity index (χ2v) is 8.80. The summed E-state index contributed by atoms with van der Waals surface area (Å²) in [7, 11) is 3.86. The van der Waals surface area contributed by atoms with Gasteiger partial charge in [-0.2, -0.15) is 0 Å². The number of allylic oxidation sites excluding steroid dienone is 1. The highest BCUT2D eigenvalue weighted by Gasteiger charge is 2.18. The summed E-state index contributed by atoms with van der Waals surface area (Å²) in [4.78, 5) is 13.5. The van der Waals surface area contributed by atoms with Gasteiger partial charge in [0.2, 0.25) is 0 Å². The van der Waals surface area contributed by atoms with E-state index < -0.39 is 0 Å². The van der Waals surface area contributed by atoms with Crippen LogP contribution in [0.1, 0.15) is 18.1 Å². The van der Waals surface area contributed by atoms with Crippen molar-refractivity contribution < 1.29 is 4.39 Å². The molecule has 0 amide bonds. The lowest BCUT2D eigenvalue weighted by Crippen LogP contribution is -2.47. The molecule has 4 rings (SSSR count). The lowest BCUT2D eigenvalue weighted by molar-refractivity contribution is 0.235. The summed E-state index contributed by atoms with van der Waals surface area (Å²) in [5.41, 5.74) is 7.13. The van der Waals surface area contributed by atoms with Crippen LogP contribution in [0.3, 0.4) is 0 Å². The lowest BCUT2D eigenvalue weighted by atomic mass is 10.0. The van der Waals surface area contributed by atoms with Crippen molar-refractivity contribution >= 4 is 33.7 Å². The Hall–Kier alpha value is -3.49. The van der Waals surface area contributed by atoms with E-state index in [4.69, 9.17) is 0 Å². The highest BCUT2D eigenvalue weighted by atomic mass is 19.1. The van der Waals surface area contributed by atoms with Crippen LogP contribution in [-0.4, -0.2) is 73.4 Å². The quantitative estimate of drug-likeness (QED) is 0.449. The number of aromatic nitrogens is 2. The van der Waals surface area contributed by atoms with Crippen molar-refractivity contribution in [1.82, 2.24) is 25.3 Å². The Bertz CT molecular complexity index is 1200. The Balaban J connectivity index is 1.47. The van der Waals surface area contributed by atoms with Gasteiger partial charge in [0.25, 0.3) is 0 Å². The van der Waals surface area contributed by atoms with E-state index in [1.807, 2.05) is 49.7 Å². The predicted octanol–water partition coefficient (Wildman–Crippen LogP) is 4.23. The highest BCUT2D eigenvalue weighted by molar-refractivity contribution is 5.88. The Morgan fingerprint density at radius 2 is 1.89 bits per heavy atom. The van der Waals surface area contributed by atoms with Crippen LogP contribution < -0.4 is 15.6 Å². The second-order valence-electron chi connectivity index (χ2n) is 8.80. The molecule has 1 aliphatic rings. The lowest BCUT2D eigenvalue weighted by Gasteiger charge is -2.35. The summed E-state index contributed by atoms with van der Waals surface area (Å²) >= 11 is 0. The van der Waals surface area contributed by atoms with Crippen LogP contribution >= 0.6 is 0 Å². The number of piperazine rings is 1. The van der Waals surface area contributed by atoms with Crippen molar-refractivity contribution in [3.05, 3.63) is 72.7 Å². The maximum absolute atomic E-state index is 12.6. The maximum atomic E-state index is 12.6. The van der Waals surface area contributed by atoms with E-state index in [9.17, 15) is 4.39 Å². The molecule has 0 saturated carbocycles. The Labute approximate surface area is 206 Å². The molecule has 1 saturated heterocycles. The van der Waals surface area contributed by atoms with Gasteiger partial charge in [-0.25, -0.2) is 19.8 Å². The molecule has 0 radical (unpaired) electrons. The zero-order valence-corrected chi connectivity index (χ0v) is 20.8. The molecule has 3 aromatic rings. The largest absolute Gasteiger partial charge is 0.354 e. The normalized spacial score (nSPS) is 14.9. The topological polar surface area (TPSA) is 59.6 Å². The molecule has 0 bridgehead atoms. The number of hydrogen-bond acceptors (Lipinski definition) is 7. The van der Waals surface area contributed by atoms with Gasteiger partial charge in [0.1, 0.15) is 18.3 Å². The number of benzene rings is 1. The standard InChI is InChI=1S/C27H34FN7/c1-20(19-33(4)29-3)22-5-6-24-18-31-26(16-25(24)15-22)32-21(2)23-7-9-30-27(17-23)35-13-11-34(10-8-28)12-14-35/h5-7,9,15-19,29H,2,8,10-14H2,1,3-4H3,(H,31,32)/b20-19+. The molecule has 0 aliphatic carbocycles. The summed E-state index contributed by atoms with van der Waals surface area (Å²) in [6, 6.07) is 12.4. The predicted molar refractivity (Wildman–Crippen MR) is 144 cm³/mol. The molecule has 2 N–H and O–H groups in total. The summed E-state index contributed by atoms with van der Waals surface area (Å²) in [5, 5.41) is 7.47. The van der Waals surface area contributed by atoms with Gasteiger partial charge in [0.05, 0.1) is 0 Å². The highest BCUT2D eigenvalue weighted by Crippen LogP contribution is 2.25. The molecule has 3 heterocycles. The molecular formula is C27H34FN7. The summed E-state index contributed by atoms with van der Waals surface area (Å²) < 4.78 is 12.6. The van der Waals surface area contributed by atoms with E-state index in [-0.39, 0.29) is 6.67 Å². The second kappa shape index (κ2) is 11.3. The SMILES string of the molecule is C=C(Nc1cc2cc(/C(C)=C/N(C)NC)ccc2cn1)c1ccnc(N2CCN(CCF)CC2)c1. The maximum Gasteiger partial charge on any atom is 0.130 e. The number of halogens is 1. The molecule has 1 aliphatic heterocycles. The van der Waals surface area contributed by atoms with Crippen LogP contribution in [0, 0.1) is 0 Å². The van der Waals surface area contributed by atoms with E-state index in [1.165, 1.54) is 0 Å². The van der Waals surface area contributed by atoms with Crippen molar-refractivity contribution in [2.75, 3.05) is 63.7 Å². The Morgan fingerprint density at radius 3 is 2.63 bits per heavy atom. The molecule has 1 aromatic carbocycles. The first-order valence-electron chi connectivity index (χ1n) is 11.9. The average Bonchev–Trinajstić information content (AvgIpc) is 2.88. The number of rotatable bonds is 9. The number of pyridine rings is 2. The zero-order valence-electron chi connectivity index (χ0n) is 20.8. The van der Waals surface area contributed by atoms with Crippen LogP contribution in [0.25, 0.3) is 22.0 Å². The van der Waals surface area contributed by atoms with Crippen LogP contribution in [0.2, 0.25) is 0 Å². The first kappa shape index (κ1) is 24.6. The van der Waals surface area contributed by atoms with Gasteiger partial charge >= 0.3 is 0 Å². The van der Waals surface area contributed by atoms with Gasteiger partial charge in [-0.3, -0.25) is 4.90 Å². The minimum absolute atomic E-state index is 0.298. The molecule has 8 heteroatoms. The van der Waals surface area contributed by atoms with Crippen LogP contribution in [-0.2, 0) is 0 Å². The number of nitrogens with zero attached hydrogens (tertiary/aromatic N) is 5. The third kappa shape index (κ3) is 6.15. The molecule has 184 valence electrons. The minimum Gasteiger partial charge on any atom is -0.354 e. The van der Waals surface area contributed by atoms with E-state index in [0.29, 0.717) is 6.54 Å².